The Morgan fingerprint density at radius 3 is 2.57 bits per heavy atom. The number of nitrogen functional groups attached to an aromatic ring is 1. The van der Waals surface area contributed by atoms with Crippen molar-refractivity contribution in [1.82, 2.24) is 19.5 Å². The van der Waals surface area contributed by atoms with Gasteiger partial charge in [0.15, 0.2) is 17.0 Å². The van der Waals surface area contributed by atoms with Crippen molar-refractivity contribution < 1.29 is 9.50 Å². The van der Waals surface area contributed by atoms with Crippen LogP contribution in [0.4, 0.5) is 10.2 Å². The van der Waals surface area contributed by atoms with Crippen LogP contribution in [-0.4, -0.2) is 30.2 Å². The Bertz CT molecular complexity index is 1130. The number of benzene rings is 1. The second kappa shape index (κ2) is 8.58. The van der Waals surface area contributed by atoms with Gasteiger partial charge < -0.3 is 15.4 Å². The van der Waals surface area contributed by atoms with Gasteiger partial charge in [-0.2, -0.15) is 0 Å². The fraction of sp³-hybridized carbons (Fsp3) is 0.409. The molecule has 0 radical (unpaired) electrons. The Morgan fingerprint density at radius 2 is 1.90 bits per heavy atom. The highest BCUT2D eigenvalue weighted by atomic mass is 35.5. The minimum absolute atomic E-state index is 0. The van der Waals surface area contributed by atoms with Crippen LogP contribution in [0.2, 0.25) is 0 Å². The lowest BCUT2D eigenvalue weighted by Crippen LogP contribution is -2.29. The van der Waals surface area contributed by atoms with Gasteiger partial charge in [0.25, 0.3) is 0 Å². The van der Waals surface area contributed by atoms with Gasteiger partial charge in [-0.1, -0.05) is 24.5 Å². The van der Waals surface area contributed by atoms with E-state index in [9.17, 15) is 9.50 Å². The summed E-state index contributed by atoms with van der Waals surface area (Å²) in [6.45, 7) is 4.00. The normalized spacial score (nSPS) is 15.5. The third-order valence-electron chi connectivity index (χ3n) is 5.25. The van der Waals surface area contributed by atoms with Gasteiger partial charge in [-0.15, -0.1) is 12.4 Å². The number of hydrogen-bond acceptors (Lipinski definition) is 5. The molecule has 0 spiro atoms. The molecule has 6 nitrogen and oxygen atoms in total. The molecule has 1 aliphatic carbocycles. The third-order valence-corrected chi connectivity index (χ3v) is 5.25. The number of nitrogens with two attached hydrogens (primary N) is 1. The Kier molecular flexibility index (Phi) is 6.30. The van der Waals surface area contributed by atoms with Crippen molar-refractivity contribution >= 4 is 29.4 Å². The van der Waals surface area contributed by atoms with Crippen molar-refractivity contribution in [2.45, 2.75) is 57.6 Å². The molecule has 0 aliphatic heterocycles. The minimum atomic E-state index is -0.990. The monoisotopic (exact) mass is 429 g/mol. The van der Waals surface area contributed by atoms with Crippen LogP contribution in [0.5, 0.6) is 0 Å². The number of rotatable bonds is 2. The van der Waals surface area contributed by atoms with E-state index in [0.717, 1.165) is 19.3 Å². The van der Waals surface area contributed by atoms with E-state index in [4.69, 9.17) is 5.73 Å². The summed E-state index contributed by atoms with van der Waals surface area (Å²) in [6.07, 6.45) is 4.36. The first-order valence-electron chi connectivity index (χ1n) is 9.93. The second-order valence-electron chi connectivity index (χ2n) is 7.86. The average molecular weight is 430 g/mol. The Labute approximate surface area is 181 Å². The summed E-state index contributed by atoms with van der Waals surface area (Å²) in [5.41, 5.74) is 6.81. The van der Waals surface area contributed by atoms with Crippen LogP contribution in [0.3, 0.4) is 0 Å². The molecule has 4 rings (SSSR count). The molecule has 30 heavy (non-hydrogen) atoms. The molecule has 0 bridgehead atoms. The van der Waals surface area contributed by atoms with Crippen molar-refractivity contribution in [3.8, 4) is 23.2 Å². The zero-order valence-corrected chi connectivity index (χ0v) is 17.8. The fourth-order valence-corrected chi connectivity index (χ4v) is 3.81. The Morgan fingerprint density at radius 1 is 1.17 bits per heavy atom. The van der Waals surface area contributed by atoms with Gasteiger partial charge in [0.2, 0.25) is 5.82 Å². The SMILES string of the molecule is CC(C)n1c(-c2cccc(F)c2)nc2c(N)nc(C#CC3(O)CCCCC3)nc21.Cl. The van der Waals surface area contributed by atoms with E-state index in [-0.39, 0.29) is 35.9 Å². The molecular formula is C22H25ClFN5O. The van der Waals surface area contributed by atoms with Crippen LogP contribution in [0.25, 0.3) is 22.6 Å². The average Bonchev–Trinajstić information content (AvgIpc) is 3.07. The summed E-state index contributed by atoms with van der Waals surface area (Å²) in [6, 6.07) is 6.28. The van der Waals surface area contributed by atoms with Crippen LogP contribution in [0.15, 0.2) is 24.3 Å². The van der Waals surface area contributed by atoms with Crippen molar-refractivity contribution in [3.63, 3.8) is 0 Å². The largest absolute Gasteiger partial charge is 0.382 e. The predicted octanol–water partition coefficient (Wildman–Crippen LogP) is 4.26. The molecule has 0 amide bonds. The number of anilines is 1. The van der Waals surface area contributed by atoms with Gasteiger partial charge in [-0.3, -0.25) is 0 Å². The summed E-state index contributed by atoms with van der Waals surface area (Å²) in [7, 11) is 0. The molecule has 0 saturated heterocycles. The van der Waals surface area contributed by atoms with Gasteiger partial charge in [-0.25, -0.2) is 19.3 Å². The van der Waals surface area contributed by atoms with Crippen LogP contribution < -0.4 is 5.73 Å². The maximum Gasteiger partial charge on any atom is 0.209 e. The van der Waals surface area contributed by atoms with Gasteiger partial charge in [0, 0.05) is 11.6 Å². The van der Waals surface area contributed by atoms with Crippen molar-refractivity contribution in [2.24, 2.45) is 0 Å². The number of aliphatic hydroxyl groups is 1. The second-order valence-corrected chi connectivity index (χ2v) is 7.86. The molecule has 2 heterocycles. The van der Waals surface area contributed by atoms with Crippen molar-refractivity contribution in [1.29, 1.82) is 0 Å². The highest BCUT2D eigenvalue weighted by molar-refractivity contribution is 5.86. The Hall–Kier alpha value is -2.69. The van der Waals surface area contributed by atoms with Crippen molar-refractivity contribution in [2.75, 3.05) is 5.73 Å². The molecule has 1 fully saturated rings. The molecule has 1 aromatic carbocycles. The molecule has 2 aromatic heterocycles. The standard InChI is InChI=1S/C22H24FN5O.ClH/c1-14(2)28-20(15-7-6-8-16(23)13-15)27-18-19(24)25-17(26-21(18)28)9-12-22(29)10-4-3-5-11-22;/h6-8,13-14,29H,3-5,10-11H2,1-2H3,(H2,24,25,26);1H. The topological polar surface area (TPSA) is 89.9 Å². The lowest BCUT2D eigenvalue weighted by molar-refractivity contribution is 0.0610. The molecule has 1 saturated carbocycles. The molecule has 3 aromatic rings. The van der Waals surface area contributed by atoms with Gasteiger partial charge in [0.1, 0.15) is 17.2 Å². The quantitative estimate of drug-likeness (QED) is 0.594. The van der Waals surface area contributed by atoms with E-state index in [1.165, 1.54) is 12.1 Å². The first-order valence-corrected chi connectivity index (χ1v) is 9.93. The maximum atomic E-state index is 13.8. The lowest BCUT2D eigenvalue weighted by Gasteiger charge is -2.26. The zero-order chi connectivity index (χ0) is 20.6. The fourth-order valence-electron chi connectivity index (χ4n) is 3.81. The number of hydrogen-bond donors (Lipinski definition) is 2. The molecule has 158 valence electrons. The summed E-state index contributed by atoms with van der Waals surface area (Å²) >= 11 is 0. The molecule has 0 unspecified atom stereocenters. The molecule has 8 heteroatoms. The first kappa shape index (κ1) is 22.0. The molecule has 3 N–H and O–H groups in total. The van der Waals surface area contributed by atoms with Crippen LogP contribution in [0.1, 0.15) is 57.8 Å². The summed E-state index contributed by atoms with van der Waals surface area (Å²) in [5.74, 6) is 6.56. The van der Waals surface area contributed by atoms with E-state index in [0.29, 0.717) is 35.4 Å². The van der Waals surface area contributed by atoms with Gasteiger partial charge in [-0.05, 0) is 57.6 Å². The summed E-state index contributed by atoms with van der Waals surface area (Å²) < 4.78 is 15.7. The highest BCUT2D eigenvalue weighted by Gasteiger charge is 2.27. The third kappa shape index (κ3) is 4.25. The van der Waals surface area contributed by atoms with E-state index < -0.39 is 5.60 Å². The molecule has 0 atom stereocenters. The van der Waals surface area contributed by atoms with E-state index in [1.807, 2.05) is 18.4 Å². The molecular weight excluding hydrogens is 405 g/mol. The zero-order valence-electron chi connectivity index (χ0n) is 17.0. The number of fused-ring (bicyclic) bond motifs is 1. The van der Waals surface area contributed by atoms with E-state index >= 15 is 0 Å². The maximum absolute atomic E-state index is 13.8. The first-order chi connectivity index (χ1) is 13.9. The predicted molar refractivity (Wildman–Crippen MR) is 118 cm³/mol. The van der Waals surface area contributed by atoms with Crippen LogP contribution in [0, 0.1) is 17.7 Å². The van der Waals surface area contributed by atoms with E-state index in [1.54, 1.807) is 12.1 Å². The Balaban J connectivity index is 0.00000256. The van der Waals surface area contributed by atoms with Crippen LogP contribution in [-0.2, 0) is 0 Å². The smallest absolute Gasteiger partial charge is 0.209 e. The van der Waals surface area contributed by atoms with Gasteiger partial charge in [0.05, 0.1) is 0 Å². The van der Waals surface area contributed by atoms with Crippen molar-refractivity contribution in [3.05, 3.63) is 35.9 Å². The lowest BCUT2D eigenvalue weighted by atomic mass is 9.85. The number of imidazole rings is 1. The number of halogens is 2. The highest BCUT2D eigenvalue weighted by Crippen LogP contribution is 2.30. The van der Waals surface area contributed by atoms with Gasteiger partial charge >= 0.3 is 0 Å². The summed E-state index contributed by atoms with van der Waals surface area (Å²) in [4.78, 5) is 13.4. The molecule has 1 aliphatic rings. The number of nitrogens with zero attached hydrogens (tertiary/aromatic N) is 4. The minimum Gasteiger partial charge on any atom is -0.382 e. The van der Waals surface area contributed by atoms with E-state index in [2.05, 4.69) is 26.8 Å². The number of aromatic nitrogens is 4. The summed E-state index contributed by atoms with van der Waals surface area (Å²) in [5, 5.41) is 10.6. The van der Waals surface area contributed by atoms with Crippen LogP contribution >= 0.6 is 12.4 Å².